The highest BCUT2D eigenvalue weighted by Crippen LogP contribution is 2.33. The SMILES string of the molecule is O=C(O)c1cc(C(F)(F)F)nn1-c1nc(C(F)(F)F)cs1. The molecule has 12 heteroatoms. The van der Waals surface area contributed by atoms with E-state index in [1.54, 1.807) is 0 Å². The summed E-state index contributed by atoms with van der Waals surface area (Å²) < 4.78 is 74.8. The Kier molecular flexibility index (Phi) is 3.43. The van der Waals surface area contributed by atoms with E-state index in [1.807, 2.05) is 0 Å². The predicted molar refractivity (Wildman–Crippen MR) is 56.2 cm³/mol. The van der Waals surface area contributed by atoms with Crippen LogP contribution in [-0.4, -0.2) is 25.8 Å². The Morgan fingerprint density at radius 3 is 2.14 bits per heavy atom. The van der Waals surface area contributed by atoms with Crippen molar-refractivity contribution in [2.45, 2.75) is 12.4 Å². The molecule has 0 aliphatic rings. The van der Waals surface area contributed by atoms with Crippen LogP contribution in [-0.2, 0) is 12.4 Å². The van der Waals surface area contributed by atoms with Gasteiger partial charge in [0.2, 0.25) is 5.13 Å². The number of hydrogen-bond donors (Lipinski definition) is 1. The highest BCUT2D eigenvalue weighted by molar-refractivity contribution is 7.12. The average Bonchev–Trinajstić information content (AvgIpc) is 2.93. The van der Waals surface area contributed by atoms with Gasteiger partial charge < -0.3 is 5.11 Å². The maximum absolute atomic E-state index is 12.5. The smallest absolute Gasteiger partial charge is 0.435 e. The summed E-state index contributed by atoms with van der Waals surface area (Å²) in [6, 6.07) is 0.219. The van der Waals surface area contributed by atoms with Gasteiger partial charge in [0.25, 0.3) is 0 Å². The standard InChI is InChI=1S/C9H3F6N3O2S/c10-8(11,12)4-1-3(6(19)20)18(17-4)7-16-5(2-21-7)9(13,14)15/h1-2H,(H,19,20). The maximum atomic E-state index is 12.5. The summed E-state index contributed by atoms with van der Waals surface area (Å²) in [4.78, 5) is 13.9. The van der Waals surface area contributed by atoms with Crippen molar-refractivity contribution in [2.24, 2.45) is 0 Å². The zero-order chi connectivity index (χ0) is 16.0. The number of aromatic carboxylic acids is 1. The Bertz CT molecular complexity index is 686. The number of rotatable bonds is 2. The van der Waals surface area contributed by atoms with Crippen molar-refractivity contribution in [3.63, 3.8) is 0 Å². The molecule has 1 N–H and O–H groups in total. The van der Waals surface area contributed by atoms with Gasteiger partial charge in [0.05, 0.1) is 0 Å². The summed E-state index contributed by atoms with van der Waals surface area (Å²) in [5.74, 6) is -1.78. The minimum atomic E-state index is -4.93. The number of halogens is 6. The Morgan fingerprint density at radius 2 is 1.71 bits per heavy atom. The van der Waals surface area contributed by atoms with E-state index in [0.717, 1.165) is 0 Å². The molecule has 0 fully saturated rings. The quantitative estimate of drug-likeness (QED) is 0.859. The van der Waals surface area contributed by atoms with E-state index in [4.69, 9.17) is 5.11 Å². The molecule has 114 valence electrons. The molecular weight excluding hydrogens is 328 g/mol. The third-order valence-corrected chi connectivity index (χ3v) is 3.00. The number of carboxylic acid groups (broad SMARTS) is 1. The van der Waals surface area contributed by atoms with Gasteiger partial charge in [-0.1, -0.05) is 0 Å². The molecule has 0 radical (unpaired) electrons. The normalized spacial score (nSPS) is 12.7. The highest BCUT2D eigenvalue weighted by Gasteiger charge is 2.38. The van der Waals surface area contributed by atoms with Gasteiger partial charge in [-0.05, 0) is 0 Å². The molecular formula is C9H3F6N3O2S. The molecule has 0 saturated heterocycles. The molecule has 2 aromatic heterocycles. The molecule has 0 aliphatic heterocycles. The fraction of sp³-hybridized carbons (Fsp3) is 0.222. The zero-order valence-electron chi connectivity index (χ0n) is 9.53. The molecule has 0 atom stereocenters. The van der Waals surface area contributed by atoms with Gasteiger partial charge in [-0.15, -0.1) is 11.3 Å². The minimum absolute atomic E-state index is 0.213. The lowest BCUT2D eigenvalue weighted by molar-refractivity contribution is -0.142. The molecule has 0 amide bonds. The Balaban J connectivity index is 2.55. The predicted octanol–water partition coefficient (Wildman–Crippen LogP) is 3.06. The second-order valence-corrected chi connectivity index (χ2v) is 4.48. The first-order chi connectivity index (χ1) is 9.50. The van der Waals surface area contributed by atoms with Crippen LogP contribution in [0.25, 0.3) is 5.13 Å². The van der Waals surface area contributed by atoms with Crippen molar-refractivity contribution in [2.75, 3.05) is 0 Å². The molecule has 0 saturated carbocycles. The first kappa shape index (κ1) is 15.3. The van der Waals surface area contributed by atoms with E-state index < -0.39 is 40.5 Å². The zero-order valence-corrected chi connectivity index (χ0v) is 10.3. The van der Waals surface area contributed by atoms with Gasteiger partial charge in [-0.3, -0.25) is 0 Å². The van der Waals surface area contributed by atoms with Crippen molar-refractivity contribution in [3.05, 3.63) is 28.5 Å². The van der Waals surface area contributed by atoms with E-state index in [1.165, 1.54) is 0 Å². The Labute approximate surface area is 115 Å². The van der Waals surface area contributed by atoms with Crippen LogP contribution in [0, 0.1) is 0 Å². The number of hydrogen-bond acceptors (Lipinski definition) is 4. The highest BCUT2D eigenvalue weighted by atomic mass is 32.1. The average molecular weight is 331 g/mol. The first-order valence-electron chi connectivity index (χ1n) is 4.94. The van der Waals surface area contributed by atoms with Crippen LogP contribution in [0.3, 0.4) is 0 Å². The van der Waals surface area contributed by atoms with E-state index in [0.29, 0.717) is 16.7 Å². The summed E-state index contributed by atoms with van der Waals surface area (Å²) in [6.07, 6.45) is -9.72. The topological polar surface area (TPSA) is 68.0 Å². The number of thiazole rings is 1. The maximum Gasteiger partial charge on any atom is 0.435 e. The van der Waals surface area contributed by atoms with Crippen LogP contribution >= 0.6 is 11.3 Å². The molecule has 0 aliphatic carbocycles. The van der Waals surface area contributed by atoms with Gasteiger partial charge >= 0.3 is 18.3 Å². The second kappa shape index (κ2) is 4.72. The van der Waals surface area contributed by atoms with Gasteiger partial charge in [0, 0.05) is 11.4 Å². The van der Waals surface area contributed by atoms with Crippen LogP contribution in [0.4, 0.5) is 26.3 Å². The van der Waals surface area contributed by atoms with E-state index in [-0.39, 0.29) is 10.7 Å². The Morgan fingerprint density at radius 1 is 1.14 bits per heavy atom. The van der Waals surface area contributed by atoms with Crippen molar-refractivity contribution in [1.29, 1.82) is 0 Å². The summed E-state index contributed by atoms with van der Waals surface area (Å²) in [6.45, 7) is 0. The molecule has 2 aromatic rings. The molecule has 0 bridgehead atoms. The summed E-state index contributed by atoms with van der Waals surface area (Å²) >= 11 is 0.324. The van der Waals surface area contributed by atoms with Crippen molar-refractivity contribution in [3.8, 4) is 5.13 Å². The monoisotopic (exact) mass is 331 g/mol. The lowest BCUT2D eigenvalue weighted by Crippen LogP contribution is -2.10. The van der Waals surface area contributed by atoms with Crippen molar-refractivity contribution in [1.82, 2.24) is 14.8 Å². The van der Waals surface area contributed by atoms with Crippen LogP contribution in [0.15, 0.2) is 11.4 Å². The summed E-state index contributed by atoms with van der Waals surface area (Å²) in [5.41, 5.74) is -3.82. The number of carboxylic acids is 1. The minimum Gasteiger partial charge on any atom is -0.477 e. The largest absolute Gasteiger partial charge is 0.477 e. The number of carbonyl (C=O) groups is 1. The third-order valence-electron chi connectivity index (χ3n) is 2.18. The number of nitrogens with zero attached hydrogens (tertiary/aromatic N) is 3. The number of aromatic nitrogens is 3. The van der Waals surface area contributed by atoms with Crippen LogP contribution in [0.1, 0.15) is 21.9 Å². The molecule has 2 rings (SSSR count). The van der Waals surface area contributed by atoms with Gasteiger partial charge in [0.15, 0.2) is 17.1 Å². The van der Waals surface area contributed by atoms with Gasteiger partial charge in [0.1, 0.15) is 0 Å². The molecule has 0 spiro atoms. The van der Waals surface area contributed by atoms with Crippen molar-refractivity contribution >= 4 is 17.3 Å². The molecule has 0 aromatic carbocycles. The summed E-state index contributed by atoms with van der Waals surface area (Å²) in [7, 11) is 0. The van der Waals surface area contributed by atoms with Gasteiger partial charge in [-0.25, -0.2) is 9.78 Å². The third kappa shape index (κ3) is 2.99. The van der Waals surface area contributed by atoms with E-state index in [2.05, 4.69) is 10.1 Å². The number of alkyl halides is 6. The lowest BCUT2D eigenvalue weighted by atomic mass is 10.3. The van der Waals surface area contributed by atoms with Crippen LogP contribution in [0.2, 0.25) is 0 Å². The van der Waals surface area contributed by atoms with Crippen LogP contribution in [0.5, 0.6) is 0 Å². The molecule has 5 nitrogen and oxygen atoms in total. The fourth-order valence-corrected chi connectivity index (χ4v) is 2.10. The van der Waals surface area contributed by atoms with E-state index >= 15 is 0 Å². The van der Waals surface area contributed by atoms with Crippen LogP contribution < -0.4 is 0 Å². The van der Waals surface area contributed by atoms with Crippen molar-refractivity contribution < 1.29 is 36.2 Å². The Hall–Kier alpha value is -2.11. The second-order valence-electron chi connectivity index (χ2n) is 3.64. The summed E-state index contributed by atoms with van der Waals surface area (Å²) in [5, 5.41) is 11.7. The van der Waals surface area contributed by atoms with Gasteiger partial charge in [-0.2, -0.15) is 36.1 Å². The fourth-order valence-electron chi connectivity index (χ4n) is 1.31. The molecule has 2 heterocycles. The molecule has 21 heavy (non-hydrogen) atoms. The molecule has 0 unspecified atom stereocenters. The lowest BCUT2D eigenvalue weighted by Gasteiger charge is -2.02. The first-order valence-corrected chi connectivity index (χ1v) is 5.82. The van der Waals surface area contributed by atoms with E-state index in [9.17, 15) is 31.1 Å².